The van der Waals surface area contributed by atoms with Crippen molar-refractivity contribution >= 4 is 5.69 Å². The molecule has 1 aromatic rings. The van der Waals surface area contributed by atoms with Gasteiger partial charge >= 0.3 is 0 Å². The molecular weight excluding hydrogens is 213 g/mol. The van der Waals surface area contributed by atoms with Crippen LogP contribution >= 0.6 is 0 Å². The first-order valence-corrected chi connectivity index (χ1v) is 6.45. The summed E-state index contributed by atoms with van der Waals surface area (Å²) < 4.78 is 13.3. The molecule has 0 spiro atoms. The van der Waals surface area contributed by atoms with Gasteiger partial charge in [-0.05, 0) is 36.1 Å². The predicted octanol–water partition coefficient (Wildman–Crippen LogP) is 3.97. The van der Waals surface area contributed by atoms with Crippen molar-refractivity contribution in [1.29, 1.82) is 0 Å². The quantitative estimate of drug-likeness (QED) is 0.766. The molecule has 0 aromatic heterocycles. The van der Waals surface area contributed by atoms with E-state index in [1.54, 1.807) is 12.1 Å². The molecule has 0 unspecified atom stereocenters. The lowest BCUT2D eigenvalue weighted by Crippen LogP contribution is -2.29. The summed E-state index contributed by atoms with van der Waals surface area (Å²) in [6.07, 6.45) is 1.19. The summed E-state index contributed by atoms with van der Waals surface area (Å²) in [6.45, 7) is 10.9. The molecule has 94 valence electrons. The molecule has 17 heavy (non-hydrogen) atoms. The summed E-state index contributed by atoms with van der Waals surface area (Å²) in [7, 11) is 0. The highest BCUT2D eigenvalue weighted by molar-refractivity contribution is 5.62. The minimum Gasteiger partial charge on any atom is -0.370 e. The van der Waals surface area contributed by atoms with E-state index in [0.29, 0.717) is 5.92 Å². The summed E-state index contributed by atoms with van der Waals surface area (Å²) in [5.41, 5.74) is 2.44. The van der Waals surface area contributed by atoms with Gasteiger partial charge in [0.2, 0.25) is 0 Å². The monoisotopic (exact) mass is 235 g/mol. The van der Waals surface area contributed by atoms with Crippen LogP contribution in [0.25, 0.3) is 0 Å². The van der Waals surface area contributed by atoms with Gasteiger partial charge in [0.05, 0.1) is 0 Å². The van der Waals surface area contributed by atoms with Crippen LogP contribution in [-0.4, -0.2) is 13.1 Å². The third kappa shape index (κ3) is 2.46. The smallest absolute Gasteiger partial charge is 0.123 e. The number of benzene rings is 1. The number of hydrogen-bond donors (Lipinski definition) is 0. The molecule has 0 saturated heterocycles. The molecule has 0 N–H and O–H groups in total. The molecular formula is C15H22FN. The fraction of sp³-hybridized carbons (Fsp3) is 0.600. The maximum absolute atomic E-state index is 13.3. The molecule has 1 heterocycles. The maximum Gasteiger partial charge on any atom is 0.123 e. The summed E-state index contributed by atoms with van der Waals surface area (Å²) in [4.78, 5) is 2.40. The second-order valence-corrected chi connectivity index (χ2v) is 6.15. The van der Waals surface area contributed by atoms with Gasteiger partial charge < -0.3 is 4.90 Å². The van der Waals surface area contributed by atoms with E-state index >= 15 is 0 Å². The van der Waals surface area contributed by atoms with E-state index in [1.807, 2.05) is 6.07 Å². The Kier molecular flexibility index (Phi) is 3.15. The largest absolute Gasteiger partial charge is 0.370 e. The van der Waals surface area contributed by atoms with E-state index in [2.05, 4.69) is 32.6 Å². The van der Waals surface area contributed by atoms with E-state index < -0.39 is 0 Å². The normalized spacial score (nSPS) is 17.6. The number of hydrogen-bond acceptors (Lipinski definition) is 1. The highest BCUT2D eigenvalue weighted by Crippen LogP contribution is 2.40. The zero-order valence-electron chi connectivity index (χ0n) is 11.3. The summed E-state index contributed by atoms with van der Waals surface area (Å²) in [6, 6.07) is 5.20. The van der Waals surface area contributed by atoms with Crippen molar-refractivity contribution in [2.45, 2.75) is 39.5 Å². The van der Waals surface area contributed by atoms with Crippen LogP contribution in [0, 0.1) is 11.7 Å². The van der Waals surface area contributed by atoms with Crippen molar-refractivity contribution in [3.8, 4) is 0 Å². The minimum absolute atomic E-state index is 0.0639. The number of anilines is 1. The van der Waals surface area contributed by atoms with Crippen LogP contribution in [0.2, 0.25) is 0 Å². The van der Waals surface area contributed by atoms with Crippen molar-refractivity contribution in [2.75, 3.05) is 18.0 Å². The first-order valence-electron chi connectivity index (χ1n) is 6.45. The Morgan fingerprint density at radius 2 is 2.06 bits per heavy atom. The van der Waals surface area contributed by atoms with Crippen molar-refractivity contribution in [3.05, 3.63) is 29.6 Å². The van der Waals surface area contributed by atoms with E-state index in [1.165, 1.54) is 12.1 Å². The number of rotatable bonds is 3. The standard InChI is InChI=1S/C15H22FN/c1-11(2)7-8-17-10-15(3,4)13-9-12(16)5-6-14(13)17/h5-6,9,11H,7-8,10H2,1-4H3. The van der Waals surface area contributed by atoms with Gasteiger partial charge in [-0.25, -0.2) is 4.39 Å². The summed E-state index contributed by atoms with van der Waals surface area (Å²) in [5.74, 6) is 0.588. The lowest BCUT2D eigenvalue weighted by molar-refractivity contribution is 0.520. The summed E-state index contributed by atoms with van der Waals surface area (Å²) in [5, 5.41) is 0. The molecule has 1 nitrogen and oxygen atoms in total. The molecule has 1 aliphatic heterocycles. The van der Waals surface area contributed by atoms with Crippen molar-refractivity contribution in [2.24, 2.45) is 5.92 Å². The van der Waals surface area contributed by atoms with Gasteiger partial charge in [-0.1, -0.05) is 27.7 Å². The number of fused-ring (bicyclic) bond motifs is 1. The zero-order chi connectivity index (χ0) is 12.6. The van der Waals surface area contributed by atoms with E-state index in [-0.39, 0.29) is 11.2 Å². The highest BCUT2D eigenvalue weighted by atomic mass is 19.1. The van der Waals surface area contributed by atoms with Gasteiger partial charge in [-0.3, -0.25) is 0 Å². The molecule has 2 rings (SSSR count). The van der Waals surface area contributed by atoms with Gasteiger partial charge in [-0.15, -0.1) is 0 Å². The molecule has 0 amide bonds. The minimum atomic E-state index is -0.123. The average Bonchev–Trinajstić information content (AvgIpc) is 2.48. The second kappa shape index (κ2) is 4.32. The van der Waals surface area contributed by atoms with Crippen molar-refractivity contribution < 1.29 is 4.39 Å². The van der Waals surface area contributed by atoms with Gasteiger partial charge in [0.1, 0.15) is 5.82 Å². The Morgan fingerprint density at radius 3 is 2.71 bits per heavy atom. The molecule has 1 aromatic carbocycles. The SMILES string of the molecule is CC(C)CCN1CC(C)(C)c2cc(F)ccc21. The third-order valence-electron chi connectivity index (χ3n) is 3.59. The lowest BCUT2D eigenvalue weighted by Gasteiger charge is -2.23. The van der Waals surface area contributed by atoms with E-state index in [0.717, 1.165) is 18.7 Å². The fourth-order valence-corrected chi connectivity index (χ4v) is 2.59. The lowest BCUT2D eigenvalue weighted by atomic mass is 9.87. The predicted molar refractivity (Wildman–Crippen MR) is 71.1 cm³/mol. The Balaban J connectivity index is 2.25. The average molecular weight is 235 g/mol. The van der Waals surface area contributed by atoms with Crippen LogP contribution in [0.3, 0.4) is 0 Å². The third-order valence-corrected chi connectivity index (χ3v) is 3.59. The number of halogens is 1. The maximum atomic E-state index is 13.3. The molecule has 0 radical (unpaired) electrons. The van der Waals surface area contributed by atoms with Gasteiger partial charge in [0, 0.05) is 24.2 Å². The second-order valence-electron chi connectivity index (χ2n) is 6.15. The highest BCUT2D eigenvalue weighted by Gasteiger charge is 2.34. The Labute approximate surface area is 104 Å². The van der Waals surface area contributed by atoms with Crippen LogP contribution in [0.1, 0.15) is 39.7 Å². The number of nitrogens with zero attached hydrogens (tertiary/aromatic N) is 1. The fourth-order valence-electron chi connectivity index (χ4n) is 2.59. The van der Waals surface area contributed by atoms with Crippen molar-refractivity contribution in [1.82, 2.24) is 0 Å². The molecule has 0 aliphatic carbocycles. The van der Waals surface area contributed by atoms with Crippen LogP contribution < -0.4 is 4.90 Å². The Bertz CT molecular complexity index is 409. The molecule has 0 saturated carbocycles. The Morgan fingerprint density at radius 1 is 1.35 bits per heavy atom. The van der Waals surface area contributed by atoms with Gasteiger partial charge in [0.25, 0.3) is 0 Å². The molecule has 2 heteroatoms. The van der Waals surface area contributed by atoms with Gasteiger partial charge in [0.15, 0.2) is 0 Å². The first kappa shape index (κ1) is 12.4. The van der Waals surface area contributed by atoms with Gasteiger partial charge in [-0.2, -0.15) is 0 Å². The van der Waals surface area contributed by atoms with Crippen LogP contribution in [0.4, 0.5) is 10.1 Å². The van der Waals surface area contributed by atoms with E-state index in [4.69, 9.17) is 0 Å². The van der Waals surface area contributed by atoms with Crippen molar-refractivity contribution in [3.63, 3.8) is 0 Å². The molecule has 0 atom stereocenters. The first-order chi connectivity index (χ1) is 7.90. The molecule has 1 aliphatic rings. The van der Waals surface area contributed by atoms with Crippen LogP contribution in [0.5, 0.6) is 0 Å². The molecule has 0 bridgehead atoms. The summed E-state index contributed by atoms with van der Waals surface area (Å²) >= 11 is 0. The van der Waals surface area contributed by atoms with Crippen LogP contribution in [0.15, 0.2) is 18.2 Å². The topological polar surface area (TPSA) is 3.24 Å². The van der Waals surface area contributed by atoms with Crippen LogP contribution in [-0.2, 0) is 5.41 Å². The van der Waals surface area contributed by atoms with E-state index in [9.17, 15) is 4.39 Å². The Hall–Kier alpha value is -1.05. The zero-order valence-corrected chi connectivity index (χ0v) is 11.3. The molecule has 0 fully saturated rings.